The Bertz CT molecular complexity index is 450. The van der Waals surface area contributed by atoms with Crippen molar-refractivity contribution in [1.29, 1.82) is 0 Å². The van der Waals surface area contributed by atoms with E-state index in [1.54, 1.807) is 0 Å². The van der Waals surface area contributed by atoms with Crippen molar-refractivity contribution in [3.8, 4) is 0 Å². The molecule has 114 valence electrons. The van der Waals surface area contributed by atoms with Gasteiger partial charge in [0.1, 0.15) is 0 Å². The summed E-state index contributed by atoms with van der Waals surface area (Å²) < 4.78 is 2.12. The molecule has 20 heavy (non-hydrogen) atoms. The first-order chi connectivity index (χ1) is 9.45. The van der Waals surface area contributed by atoms with Gasteiger partial charge in [0.05, 0.1) is 5.69 Å². The number of piperidine rings is 1. The first-order valence-electron chi connectivity index (χ1n) is 7.99. The number of aromatic nitrogens is 2. The van der Waals surface area contributed by atoms with Gasteiger partial charge in [0, 0.05) is 36.4 Å². The van der Waals surface area contributed by atoms with Gasteiger partial charge in [-0.25, -0.2) is 0 Å². The third kappa shape index (κ3) is 2.91. The summed E-state index contributed by atoms with van der Waals surface area (Å²) in [4.78, 5) is 2.59. The topological polar surface area (TPSA) is 47.1 Å². The number of hydrogen-bond acceptors (Lipinski definition) is 3. The van der Waals surface area contributed by atoms with Crippen LogP contribution in [-0.4, -0.2) is 33.8 Å². The molecule has 2 heterocycles. The Morgan fingerprint density at radius 2 is 2.05 bits per heavy atom. The van der Waals surface area contributed by atoms with Crippen LogP contribution in [0.5, 0.6) is 0 Å². The molecular weight excluding hydrogens is 248 g/mol. The third-order valence-corrected chi connectivity index (χ3v) is 4.94. The van der Waals surface area contributed by atoms with E-state index < -0.39 is 0 Å². The van der Waals surface area contributed by atoms with Crippen LogP contribution in [0, 0.1) is 19.8 Å². The standard InChI is InChI=1S/C16H30N4/c1-6-20-14(5)16(12(3)18-20)13(4)19-9-7-8-15(10-19)11(2)17/h11,13,15H,6-10,17H2,1-5H3. The first-order valence-corrected chi connectivity index (χ1v) is 7.99. The zero-order chi connectivity index (χ0) is 14.9. The number of rotatable bonds is 4. The molecule has 3 atom stereocenters. The second kappa shape index (κ2) is 6.27. The van der Waals surface area contributed by atoms with E-state index in [0.717, 1.165) is 13.1 Å². The van der Waals surface area contributed by atoms with Crippen molar-refractivity contribution in [2.24, 2.45) is 11.7 Å². The number of nitrogens with zero attached hydrogens (tertiary/aromatic N) is 3. The summed E-state index contributed by atoms with van der Waals surface area (Å²) in [6, 6.07) is 0.738. The van der Waals surface area contributed by atoms with E-state index in [4.69, 9.17) is 5.73 Å². The van der Waals surface area contributed by atoms with Crippen LogP contribution in [0.3, 0.4) is 0 Å². The molecule has 0 radical (unpaired) electrons. The summed E-state index contributed by atoms with van der Waals surface area (Å²) >= 11 is 0. The predicted molar refractivity (Wildman–Crippen MR) is 83.7 cm³/mol. The molecule has 2 rings (SSSR count). The van der Waals surface area contributed by atoms with Crippen molar-refractivity contribution in [2.45, 2.75) is 66.1 Å². The quantitative estimate of drug-likeness (QED) is 0.921. The largest absolute Gasteiger partial charge is 0.328 e. The summed E-state index contributed by atoms with van der Waals surface area (Å²) in [7, 11) is 0. The maximum Gasteiger partial charge on any atom is 0.0644 e. The molecule has 0 aliphatic carbocycles. The van der Waals surface area contributed by atoms with E-state index in [9.17, 15) is 0 Å². The molecule has 1 aliphatic rings. The highest BCUT2D eigenvalue weighted by Crippen LogP contribution is 2.31. The highest BCUT2D eigenvalue weighted by Gasteiger charge is 2.28. The lowest BCUT2D eigenvalue weighted by molar-refractivity contribution is 0.121. The van der Waals surface area contributed by atoms with Crippen LogP contribution in [-0.2, 0) is 6.54 Å². The molecule has 3 unspecified atom stereocenters. The van der Waals surface area contributed by atoms with Crippen molar-refractivity contribution in [3.05, 3.63) is 17.0 Å². The number of hydrogen-bond donors (Lipinski definition) is 1. The Balaban J connectivity index is 2.18. The van der Waals surface area contributed by atoms with Gasteiger partial charge in [-0.2, -0.15) is 5.10 Å². The van der Waals surface area contributed by atoms with Crippen LogP contribution in [0.2, 0.25) is 0 Å². The van der Waals surface area contributed by atoms with Gasteiger partial charge in [-0.1, -0.05) is 0 Å². The highest BCUT2D eigenvalue weighted by molar-refractivity contribution is 5.28. The van der Waals surface area contributed by atoms with Crippen molar-refractivity contribution >= 4 is 0 Å². The fraction of sp³-hybridized carbons (Fsp3) is 0.812. The first kappa shape index (κ1) is 15.5. The number of aryl methyl sites for hydroxylation is 2. The lowest BCUT2D eigenvalue weighted by Crippen LogP contribution is -2.43. The molecule has 2 N–H and O–H groups in total. The molecule has 1 aliphatic heterocycles. The van der Waals surface area contributed by atoms with Crippen LogP contribution in [0.4, 0.5) is 0 Å². The number of likely N-dealkylation sites (tertiary alicyclic amines) is 1. The van der Waals surface area contributed by atoms with E-state index in [1.165, 1.54) is 36.3 Å². The third-order valence-electron chi connectivity index (χ3n) is 4.94. The summed E-state index contributed by atoms with van der Waals surface area (Å²) in [6.45, 7) is 14.2. The van der Waals surface area contributed by atoms with Gasteiger partial charge < -0.3 is 5.73 Å². The van der Waals surface area contributed by atoms with Gasteiger partial charge in [-0.3, -0.25) is 9.58 Å². The molecule has 0 aromatic carbocycles. The average Bonchev–Trinajstić information content (AvgIpc) is 2.72. The monoisotopic (exact) mass is 278 g/mol. The van der Waals surface area contributed by atoms with Gasteiger partial charge in [-0.05, 0) is 59.9 Å². The zero-order valence-corrected chi connectivity index (χ0v) is 13.7. The maximum atomic E-state index is 6.11. The molecule has 0 bridgehead atoms. The second-order valence-corrected chi connectivity index (χ2v) is 6.33. The van der Waals surface area contributed by atoms with E-state index in [0.29, 0.717) is 18.0 Å². The second-order valence-electron chi connectivity index (χ2n) is 6.33. The van der Waals surface area contributed by atoms with Gasteiger partial charge in [-0.15, -0.1) is 0 Å². The van der Waals surface area contributed by atoms with Crippen molar-refractivity contribution in [2.75, 3.05) is 13.1 Å². The molecule has 0 amide bonds. The van der Waals surface area contributed by atoms with E-state index >= 15 is 0 Å². The maximum absolute atomic E-state index is 6.11. The molecule has 0 saturated carbocycles. The van der Waals surface area contributed by atoms with Crippen LogP contribution < -0.4 is 5.73 Å². The van der Waals surface area contributed by atoms with Crippen LogP contribution in [0.15, 0.2) is 0 Å². The lowest BCUT2D eigenvalue weighted by atomic mass is 9.90. The Morgan fingerprint density at radius 3 is 2.60 bits per heavy atom. The lowest BCUT2D eigenvalue weighted by Gasteiger charge is -2.38. The normalized spacial score (nSPS) is 23.8. The minimum Gasteiger partial charge on any atom is -0.328 e. The molecule has 0 spiro atoms. The van der Waals surface area contributed by atoms with E-state index in [-0.39, 0.29) is 0 Å². The van der Waals surface area contributed by atoms with Crippen LogP contribution in [0.1, 0.15) is 56.6 Å². The van der Waals surface area contributed by atoms with Gasteiger partial charge in [0.2, 0.25) is 0 Å². The predicted octanol–water partition coefficient (Wildman–Crippen LogP) is 2.64. The summed E-state index contributed by atoms with van der Waals surface area (Å²) in [6.07, 6.45) is 2.53. The Kier molecular flexibility index (Phi) is 4.86. The molecule has 4 heteroatoms. The molecule has 1 fully saturated rings. The van der Waals surface area contributed by atoms with E-state index in [1.807, 2.05) is 0 Å². The SMILES string of the molecule is CCn1nc(C)c(C(C)N2CCCC(C(C)N)C2)c1C. The van der Waals surface area contributed by atoms with Crippen molar-refractivity contribution in [1.82, 2.24) is 14.7 Å². The molecule has 4 nitrogen and oxygen atoms in total. The molecular formula is C16H30N4. The fourth-order valence-electron chi connectivity index (χ4n) is 3.63. The Hall–Kier alpha value is -0.870. The fourth-order valence-corrected chi connectivity index (χ4v) is 3.63. The smallest absolute Gasteiger partial charge is 0.0644 e. The summed E-state index contributed by atoms with van der Waals surface area (Å²) in [5, 5.41) is 4.66. The van der Waals surface area contributed by atoms with Crippen molar-refractivity contribution < 1.29 is 0 Å². The highest BCUT2D eigenvalue weighted by atomic mass is 15.3. The zero-order valence-electron chi connectivity index (χ0n) is 13.7. The Labute approximate surface area is 123 Å². The van der Waals surface area contributed by atoms with Crippen LogP contribution >= 0.6 is 0 Å². The van der Waals surface area contributed by atoms with Gasteiger partial charge >= 0.3 is 0 Å². The van der Waals surface area contributed by atoms with Crippen molar-refractivity contribution in [3.63, 3.8) is 0 Å². The minimum absolute atomic E-state index is 0.297. The average molecular weight is 278 g/mol. The molecule has 1 aromatic heterocycles. The molecule has 1 aromatic rings. The van der Waals surface area contributed by atoms with Gasteiger partial charge in [0.25, 0.3) is 0 Å². The van der Waals surface area contributed by atoms with E-state index in [2.05, 4.69) is 49.3 Å². The number of nitrogens with two attached hydrogens (primary N) is 1. The van der Waals surface area contributed by atoms with Gasteiger partial charge in [0.15, 0.2) is 0 Å². The molecule has 1 saturated heterocycles. The van der Waals surface area contributed by atoms with Crippen LogP contribution in [0.25, 0.3) is 0 Å². The summed E-state index contributed by atoms with van der Waals surface area (Å²) in [5.41, 5.74) is 10.0. The Morgan fingerprint density at radius 1 is 1.35 bits per heavy atom. The summed E-state index contributed by atoms with van der Waals surface area (Å²) in [5.74, 6) is 0.632. The minimum atomic E-state index is 0.297.